The van der Waals surface area contributed by atoms with Crippen molar-refractivity contribution in [3.63, 3.8) is 0 Å². The summed E-state index contributed by atoms with van der Waals surface area (Å²) in [7, 11) is -1.44. The Bertz CT molecular complexity index is 1480. The molecule has 0 unspecified atom stereocenters. The van der Waals surface area contributed by atoms with Gasteiger partial charge in [0.2, 0.25) is 0 Å². The third-order valence-electron chi connectivity index (χ3n) is 7.78. The highest BCUT2D eigenvalue weighted by Crippen LogP contribution is 2.16. The Hall–Kier alpha value is -3.50. The average molecular weight is 839 g/mol. The third kappa shape index (κ3) is 24.2. The molecule has 0 aliphatic carbocycles. The summed E-state index contributed by atoms with van der Waals surface area (Å²) in [4.78, 5) is 81.4. The number of carbonyl (C=O) groups is 6. The number of thiazole rings is 1. The molecule has 1 aromatic heterocycles. The summed E-state index contributed by atoms with van der Waals surface area (Å²) in [6, 6.07) is -0.298. The Morgan fingerprint density at radius 3 is 2.36 bits per heavy atom. The van der Waals surface area contributed by atoms with Crippen LogP contribution in [0.3, 0.4) is 0 Å². The molecule has 0 aliphatic rings. The van der Waals surface area contributed by atoms with Crippen molar-refractivity contribution in [2.24, 2.45) is 5.92 Å². The molecule has 3 amide bonds. The van der Waals surface area contributed by atoms with E-state index < -0.39 is 55.7 Å². The van der Waals surface area contributed by atoms with Crippen LogP contribution < -0.4 is 16.0 Å². The zero-order valence-corrected chi connectivity index (χ0v) is 37.8. The molecule has 16 heteroatoms. The normalized spacial score (nSPS) is 13.2. The summed E-state index contributed by atoms with van der Waals surface area (Å²) in [5.74, 6) is -2.09. The van der Waals surface area contributed by atoms with Gasteiger partial charge in [-0.1, -0.05) is 90.0 Å². The van der Waals surface area contributed by atoms with Gasteiger partial charge in [-0.2, -0.15) is 0 Å². The van der Waals surface area contributed by atoms with E-state index in [2.05, 4.69) is 47.5 Å². The number of rotatable bonds is 25. The molecular formula is C40H66N4O9S2Si. The zero-order chi connectivity index (χ0) is 42.3. The van der Waals surface area contributed by atoms with E-state index >= 15 is 0 Å². The number of carbonyl (C=O) groups excluding carboxylic acids is 6. The monoisotopic (exact) mass is 838 g/mol. The van der Waals surface area contributed by atoms with Gasteiger partial charge < -0.3 is 30.2 Å². The maximum Gasteiger partial charge on any atom is 0.408 e. The van der Waals surface area contributed by atoms with Gasteiger partial charge in [0.1, 0.15) is 34.1 Å². The first kappa shape index (κ1) is 50.5. The maximum atomic E-state index is 13.6. The van der Waals surface area contributed by atoms with Crippen molar-refractivity contribution in [1.29, 1.82) is 0 Å². The molecule has 0 fully saturated rings. The second-order valence-electron chi connectivity index (χ2n) is 16.1. The molecule has 0 spiro atoms. The number of nitrogens with zero attached hydrogens (tertiary/aromatic N) is 1. The van der Waals surface area contributed by atoms with E-state index in [0.717, 1.165) is 43.1 Å². The van der Waals surface area contributed by atoms with Gasteiger partial charge in [-0.05, 0) is 65.0 Å². The number of hydrogen-bond acceptors (Lipinski definition) is 12. The van der Waals surface area contributed by atoms with Crippen LogP contribution in [-0.4, -0.2) is 78.1 Å². The standard InChI is InChI=1S/C40H66N4O9S2Si/c1-11-13-14-15-16-20-35(46)54-22-18-17-19-29(25-34(45)51-21-23-56(8,9)10)52-38(49)31(24-28(3)4)44-36(47)30(12-2)43-37(48)32-27-55-33(42-32)26-41-39(50)53-40(5,6)7/h12,17,19,27-29,31H,11,13-16,18,20-26H2,1-10H3,(H,41,50)(H,43,48)(H,44,47)/t29-,31+/m1/s1. The predicted molar refractivity (Wildman–Crippen MR) is 226 cm³/mol. The lowest BCUT2D eigenvalue weighted by atomic mass is 10.0. The number of aromatic nitrogens is 1. The summed E-state index contributed by atoms with van der Waals surface area (Å²) >= 11 is 2.43. The van der Waals surface area contributed by atoms with Crippen LogP contribution in [0, 0.1) is 5.92 Å². The molecule has 1 heterocycles. The van der Waals surface area contributed by atoms with Crippen LogP contribution in [0.15, 0.2) is 29.3 Å². The van der Waals surface area contributed by atoms with Crippen molar-refractivity contribution in [3.8, 4) is 0 Å². The molecule has 1 aromatic rings. The molecule has 0 aromatic carbocycles. The van der Waals surface area contributed by atoms with Crippen molar-refractivity contribution in [2.45, 2.75) is 156 Å². The molecule has 0 saturated heterocycles. The molecule has 3 N–H and O–H groups in total. The fourth-order valence-corrected chi connectivity index (χ4v) is 7.03. The Morgan fingerprint density at radius 1 is 1.04 bits per heavy atom. The van der Waals surface area contributed by atoms with Crippen LogP contribution in [0.1, 0.15) is 122 Å². The van der Waals surface area contributed by atoms with Crippen molar-refractivity contribution in [1.82, 2.24) is 20.9 Å². The summed E-state index contributed by atoms with van der Waals surface area (Å²) in [5, 5.41) is 9.93. The van der Waals surface area contributed by atoms with Gasteiger partial charge in [-0.3, -0.25) is 19.2 Å². The number of nitrogens with one attached hydrogen (secondary N) is 3. The topological polar surface area (TPSA) is 179 Å². The van der Waals surface area contributed by atoms with E-state index in [1.54, 1.807) is 39.8 Å². The minimum atomic E-state index is -1.44. The van der Waals surface area contributed by atoms with Gasteiger partial charge in [0, 0.05) is 25.6 Å². The van der Waals surface area contributed by atoms with Crippen molar-refractivity contribution >= 4 is 66.1 Å². The Labute approximate surface area is 343 Å². The fraction of sp³-hybridized carbons (Fsp3) is 0.675. The molecule has 2 atom stereocenters. The first-order valence-electron chi connectivity index (χ1n) is 19.6. The highest BCUT2D eigenvalue weighted by Gasteiger charge is 2.29. The number of amides is 3. The Morgan fingerprint density at radius 2 is 1.73 bits per heavy atom. The SMILES string of the molecule is CC=C(NC(=O)c1csc(CNC(=O)OC(C)(C)C)n1)C(=O)N[C@@H](CC(C)C)C(=O)O[C@H](C=CCCSC(=O)CCCCCCC)CC(=O)OCC[Si](C)(C)C. The van der Waals surface area contributed by atoms with Gasteiger partial charge in [-0.25, -0.2) is 14.6 Å². The lowest BCUT2D eigenvalue weighted by molar-refractivity contribution is -0.155. The molecule has 0 radical (unpaired) electrons. The largest absolute Gasteiger partial charge is 0.466 e. The highest BCUT2D eigenvalue weighted by atomic mass is 32.2. The van der Waals surface area contributed by atoms with Crippen molar-refractivity contribution in [2.75, 3.05) is 12.4 Å². The van der Waals surface area contributed by atoms with Gasteiger partial charge in [-0.15, -0.1) is 11.3 Å². The second-order valence-corrected chi connectivity index (χ2v) is 23.8. The summed E-state index contributed by atoms with van der Waals surface area (Å²) < 4.78 is 16.5. The average Bonchev–Trinajstić information content (AvgIpc) is 3.57. The minimum Gasteiger partial charge on any atom is -0.466 e. The van der Waals surface area contributed by atoms with E-state index in [1.807, 2.05) is 13.8 Å². The molecule has 0 bridgehead atoms. The quantitative estimate of drug-likeness (QED) is 0.0217. The molecule has 0 aliphatic heterocycles. The Kier molecular flexibility index (Phi) is 23.8. The van der Waals surface area contributed by atoms with Crippen molar-refractivity contribution in [3.05, 3.63) is 40.0 Å². The van der Waals surface area contributed by atoms with Crippen LogP contribution in [0.2, 0.25) is 25.7 Å². The molecular weight excluding hydrogens is 773 g/mol. The molecule has 13 nitrogen and oxygen atoms in total. The van der Waals surface area contributed by atoms with E-state index in [9.17, 15) is 28.8 Å². The molecule has 316 valence electrons. The van der Waals surface area contributed by atoms with Crippen LogP contribution >= 0.6 is 23.1 Å². The smallest absolute Gasteiger partial charge is 0.408 e. The number of unbranched alkanes of at least 4 members (excludes halogenated alkanes) is 4. The first-order chi connectivity index (χ1) is 26.2. The zero-order valence-electron chi connectivity index (χ0n) is 35.2. The van der Waals surface area contributed by atoms with Crippen LogP contribution in [0.4, 0.5) is 4.79 Å². The number of hydrogen-bond donors (Lipinski definition) is 3. The van der Waals surface area contributed by atoms with E-state index in [-0.39, 0.29) is 48.4 Å². The molecule has 1 rings (SSSR count). The summed E-state index contributed by atoms with van der Waals surface area (Å²) in [6.45, 7) is 19.6. The van der Waals surface area contributed by atoms with Crippen LogP contribution in [0.5, 0.6) is 0 Å². The fourth-order valence-electron chi connectivity index (χ4n) is 4.83. The van der Waals surface area contributed by atoms with E-state index in [1.165, 1.54) is 29.6 Å². The number of ether oxygens (including phenoxy) is 3. The lowest BCUT2D eigenvalue weighted by Crippen LogP contribution is -2.46. The summed E-state index contributed by atoms with van der Waals surface area (Å²) in [6.07, 6.45) is 9.74. The maximum absolute atomic E-state index is 13.6. The first-order valence-corrected chi connectivity index (χ1v) is 25.2. The number of allylic oxidation sites excluding steroid dienone is 2. The lowest BCUT2D eigenvalue weighted by Gasteiger charge is -2.23. The number of thioether (sulfide) groups is 1. The van der Waals surface area contributed by atoms with Crippen LogP contribution in [0.25, 0.3) is 0 Å². The minimum absolute atomic E-state index is 0.0269. The molecule has 0 saturated carbocycles. The highest BCUT2D eigenvalue weighted by molar-refractivity contribution is 8.13. The number of alkyl carbamates (subject to hydrolysis) is 1. The Balaban J connectivity index is 2.95. The van der Waals surface area contributed by atoms with Crippen molar-refractivity contribution < 1.29 is 43.0 Å². The van der Waals surface area contributed by atoms with Gasteiger partial charge in [0.25, 0.3) is 11.8 Å². The van der Waals surface area contributed by atoms with E-state index in [4.69, 9.17) is 14.2 Å². The summed E-state index contributed by atoms with van der Waals surface area (Å²) in [5.41, 5.74) is -0.729. The van der Waals surface area contributed by atoms with Crippen LogP contribution in [-0.2, 0) is 39.9 Å². The number of esters is 2. The predicted octanol–water partition coefficient (Wildman–Crippen LogP) is 8.08. The molecule has 56 heavy (non-hydrogen) atoms. The van der Waals surface area contributed by atoms with Gasteiger partial charge in [0.15, 0.2) is 5.12 Å². The van der Waals surface area contributed by atoms with Gasteiger partial charge in [0.05, 0.1) is 19.6 Å². The van der Waals surface area contributed by atoms with Gasteiger partial charge >= 0.3 is 18.0 Å². The third-order valence-corrected chi connectivity index (χ3v) is 11.3. The second kappa shape index (κ2) is 26.4. The van der Waals surface area contributed by atoms with E-state index in [0.29, 0.717) is 23.6 Å².